The average molecular weight is 244 g/mol. The first-order chi connectivity index (χ1) is 6.72. The summed E-state index contributed by atoms with van der Waals surface area (Å²) in [4.78, 5) is 1.53. The molecule has 0 amide bonds. The van der Waals surface area contributed by atoms with Crippen LogP contribution < -0.4 is 4.72 Å². The molecule has 0 saturated carbocycles. The van der Waals surface area contributed by atoms with Crippen molar-refractivity contribution in [3.63, 3.8) is 0 Å². The number of nitrogens with zero attached hydrogens (tertiary/aromatic N) is 1. The van der Waals surface area contributed by atoms with E-state index in [0.717, 1.165) is 6.26 Å². The molecule has 0 radical (unpaired) electrons. The third kappa shape index (κ3) is 8.71. The van der Waals surface area contributed by atoms with Gasteiger partial charge >= 0.3 is 0 Å². The van der Waals surface area contributed by atoms with Gasteiger partial charge in [0.25, 0.3) is 6.43 Å². The van der Waals surface area contributed by atoms with E-state index in [4.69, 9.17) is 0 Å². The second kappa shape index (κ2) is 6.34. The Balaban J connectivity index is 3.97. The molecule has 0 aromatic carbocycles. The fourth-order valence-corrected chi connectivity index (χ4v) is 1.57. The minimum Gasteiger partial charge on any atom is -0.294 e. The van der Waals surface area contributed by atoms with Gasteiger partial charge < -0.3 is 0 Å². The van der Waals surface area contributed by atoms with Gasteiger partial charge in [0.1, 0.15) is 0 Å². The maximum atomic E-state index is 12.1. The molecule has 0 fully saturated rings. The van der Waals surface area contributed by atoms with Crippen molar-refractivity contribution in [2.75, 3.05) is 25.9 Å². The highest BCUT2D eigenvalue weighted by Gasteiger charge is 2.15. The quantitative estimate of drug-likeness (QED) is 0.710. The highest BCUT2D eigenvalue weighted by Crippen LogP contribution is 2.02. The Labute approximate surface area is 89.7 Å². The third-order valence-corrected chi connectivity index (χ3v) is 2.59. The minimum absolute atomic E-state index is 0.0274. The van der Waals surface area contributed by atoms with Gasteiger partial charge in [-0.05, 0) is 13.8 Å². The molecule has 92 valence electrons. The second-order valence-electron chi connectivity index (χ2n) is 3.65. The maximum absolute atomic E-state index is 12.1. The fraction of sp³-hybridized carbons (Fsp3) is 1.00. The van der Waals surface area contributed by atoms with Crippen molar-refractivity contribution in [2.24, 2.45) is 0 Å². The lowest BCUT2D eigenvalue weighted by molar-refractivity contribution is 0.0745. The Bertz CT molecular complexity index is 268. The zero-order chi connectivity index (χ0) is 12.1. The Morgan fingerprint density at radius 1 is 1.33 bits per heavy atom. The van der Waals surface area contributed by atoms with Crippen LogP contribution in [0, 0.1) is 0 Å². The van der Waals surface area contributed by atoms with Gasteiger partial charge in [0.2, 0.25) is 10.0 Å². The lowest BCUT2D eigenvalue weighted by atomic mass is 10.3. The maximum Gasteiger partial charge on any atom is 0.251 e. The van der Waals surface area contributed by atoms with E-state index in [1.165, 1.54) is 4.90 Å². The van der Waals surface area contributed by atoms with Crippen LogP contribution in [-0.2, 0) is 10.0 Å². The first kappa shape index (κ1) is 14.7. The minimum atomic E-state index is -3.24. The van der Waals surface area contributed by atoms with Crippen molar-refractivity contribution in [1.82, 2.24) is 9.62 Å². The zero-order valence-electron chi connectivity index (χ0n) is 9.20. The van der Waals surface area contributed by atoms with Gasteiger partial charge in [-0.2, -0.15) is 0 Å². The van der Waals surface area contributed by atoms with Crippen molar-refractivity contribution >= 4 is 10.0 Å². The molecule has 7 heteroatoms. The van der Waals surface area contributed by atoms with Crippen molar-refractivity contribution in [2.45, 2.75) is 26.3 Å². The van der Waals surface area contributed by atoms with Gasteiger partial charge in [-0.1, -0.05) is 0 Å². The van der Waals surface area contributed by atoms with Crippen LogP contribution in [0.2, 0.25) is 0 Å². The topological polar surface area (TPSA) is 49.4 Å². The molecule has 0 aliphatic rings. The van der Waals surface area contributed by atoms with Crippen LogP contribution in [0.25, 0.3) is 0 Å². The van der Waals surface area contributed by atoms with Gasteiger partial charge in [-0.3, -0.25) is 4.90 Å². The van der Waals surface area contributed by atoms with Crippen LogP contribution in [0.1, 0.15) is 13.8 Å². The van der Waals surface area contributed by atoms with Crippen LogP contribution in [0.5, 0.6) is 0 Å². The summed E-state index contributed by atoms with van der Waals surface area (Å²) in [6.45, 7) is 3.70. The van der Waals surface area contributed by atoms with E-state index in [0.29, 0.717) is 0 Å². The van der Waals surface area contributed by atoms with E-state index in [1.54, 1.807) is 13.8 Å². The Morgan fingerprint density at radius 2 is 1.87 bits per heavy atom. The predicted molar refractivity (Wildman–Crippen MR) is 55.6 cm³/mol. The second-order valence-corrected chi connectivity index (χ2v) is 5.48. The summed E-state index contributed by atoms with van der Waals surface area (Å²) >= 11 is 0. The molecule has 0 heterocycles. The lowest BCUT2D eigenvalue weighted by Gasteiger charge is -2.25. The number of sulfonamides is 1. The van der Waals surface area contributed by atoms with Crippen molar-refractivity contribution < 1.29 is 17.2 Å². The molecule has 0 unspecified atom stereocenters. The van der Waals surface area contributed by atoms with Crippen molar-refractivity contribution in [3.05, 3.63) is 0 Å². The number of nitrogens with one attached hydrogen (secondary N) is 1. The summed E-state index contributed by atoms with van der Waals surface area (Å²) in [6, 6.07) is -0.0274. The van der Waals surface area contributed by atoms with Crippen molar-refractivity contribution in [1.29, 1.82) is 0 Å². The van der Waals surface area contributed by atoms with E-state index in [-0.39, 0.29) is 25.7 Å². The molecule has 0 aliphatic heterocycles. The Morgan fingerprint density at radius 3 is 2.20 bits per heavy atom. The van der Waals surface area contributed by atoms with E-state index in [2.05, 4.69) is 4.72 Å². The molecule has 0 bridgehead atoms. The van der Waals surface area contributed by atoms with Crippen LogP contribution in [0.3, 0.4) is 0 Å². The molecule has 0 spiro atoms. The highest BCUT2D eigenvalue weighted by atomic mass is 32.2. The number of halogens is 2. The molecule has 0 rings (SSSR count). The number of hydrogen-bond donors (Lipinski definition) is 1. The molecule has 0 aromatic rings. The number of rotatable bonds is 7. The molecule has 0 saturated heterocycles. The fourth-order valence-electron chi connectivity index (χ4n) is 1.11. The van der Waals surface area contributed by atoms with Crippen LogP contribution in [-0.4, -0.2) is 51.7 Å². The molecule has 4 nitrogen and oxygen atoms in total. The first-order valence-corrected chi connectivity index (χ1v) is 6.58. The van der Waals surface area contributed by atoms with E-state index in [1.807, 2.05) is 0 Å². The van der Waals surface area contributed by atoms with Crippen LogP contribution in [0.4, 0.5) is 8.78 Å². The standard InChI is InChI=1S/C8H18F2N2O2S/c1-7(2)12(6-8(9)10)5-4-11-15(3,13)14/h7-8,11H,4-6H2,1-3H3. The summed E-state index contributed by atoms with van der Waals surface area (Å²) in [5, 5.41) is 0. The van der Waals surface area contributed by atoms with Crippen molar-refractivity contribution in [3.8, 4) is 0 Å². The SMILES string of the molecule is CC(C)N(CCNS(C)(=O)=O)CC(F)F. The predicted octanol–water partition coefficient (Wildman–Crippen LogP) is 0.511. The van der Waals surface area contributed by atoms with Crippen LogP contribution >= 0.6 is 0 Å². The summed E-state index contributed by atoms with van der Waals surface area (Å²) in [7, 11) is -3.24. The summed E-state index contributed by atoms with van der Waals surface area (Å²) in [5.41, 5.74) is 0. The monoisotopic (exact) mass is 244 g/mol. The Kier molecular flexibility index (Phi) is 6.23. The smallest absolute Gasteiger partial charge is 0.251 e. The van der Waals surface area contributed by atoms with Gasteiger partial charge in [0.15, 0.2) is 0 Å². The summed E-state index contributed by atoms with van der Waals surface area (Å²) < 4.78 is 48.0. The van der Waals surface area contributed by atoms with E-state index < -0.39 is 16.4 Å². The molecular weight excluding hydrogens is 226 g/mol. The molecule has 0 atom stereocenters. The van der Waals surface area contributed by atoms with E-state index in [9.17, 15) is 17.2 Å². The normalized spacial score (nSPS) is 13.1. The third-order valence-electron chi connectivity index (χ3n) is 1.87. The van der Waals surface area contributed by atoms with Gasteiger partial charge in [-0.15, -0.1) is 0 Å². The highest BCUT2D eigenvalue weighted by molar-refractivity contribution is 7.88. The zero-order valence-corrected chi connectivity index (χ0v) is 10.0. The van der Waals surface area contributed by atoms with Crippen LogP contribution in [0.15, 0.2) is 0 Å². The summed E-state index contributed by atoms with van der Waals surface area (Å²) in [6.07, 6.45) is -1.36. The summed E-state index contributed by atoms with van der Waals surface area (Å²) in [5.74, 6) is 0. The van der Waals surface area contributed by atoms with Gasteiger partial charge in [-0.25, -0.2) is 21.9 Å². The lowest BCUT2D eigenvalue weighted by Crippen LogP contribution is -2.40. The first-order valence-electron chi connectivity index (χ1n) is 4.69. The molecular formula is C8H18F2N2O2S. The molecule has 0 aliphatic carbocycles. The average Bonchev–Trinajstić information content (AvgIpc) is 1.99. The largest absolute Gasteiger partial charge is 0.294 e. The van der Waals surface area contributed by atoms with Gasteiger partial charge in [0, 0.05) is 19.1 Å². The molecule has 15 heavy (non-hydrogen) atoms. The number of hydrogen-bond acceptors (Lipinski definition) is 3. The Hall–Kier alpha value is -0.270. The molecule has 0 aromatic heterocycles. The van der Waals surface area contributed by atoms with E-state index >= 15 is 0 Å². The number of alkyl halides is 2. The van der Waals surface area contributed by atoms with Gasteiger partial charge in [0.05, 0.1) is 12.8 Å². The molecule has 1 N–H and O–H groups in total.